The van der Waals surface area contributed by atoms with E-state index in [1.807, 2.05) is 19.9 Å². The van der Waals surface area contributed by atoms with Crippen LogP contribution in [0.15, 0.2) is 42.5 Å². The minimum Gasteiger partial charge on any atom is -0.468 e. The van der Waals surface area contributed by atoms with Gasteiger partial charge in [-0.15, -0.1) is 0 Å². The number of benzene rings is 1. The number of aliphatic hydroxyl groups is 1. The molecule has 0 spiro atoms. The second-order valence-corrected chi connectivity index (χ2v) is 11.9. The molecule has 0 heterocycles. The molecule has 8 atom stereocenters. The van der Waals surface area contributed by atoms with Gasteiger partial charge in [-0.2, -0.15) is 0 Å². The topological polar surface area (TPSA) is 107 Å². The van der Waals surface area contributed by atoms with E-state index in [9.17, 15) is 24.3 Å². The quantitative estimate of drug-likeness (QED) is 0.371. The number of allylic oxidation sites excluding steroid dienone is 1. The van der Waals surface area contributed by atoms with Crippen LogP contribution in [0.1, 0.15) is 69.2 Å². The van der Waals surface area contributed by atoms with Gasteiger partial charge in [0, 0.05) is 18.3 Å². The summed E-state index contributed by atoms with van der Waals surface area (Å²) in [6.45, 7) is 7.78. The number of methoxy groups -OCH3 is 1. The minimum atomic E-state index is -1.49. The summed E-state index contributed by atoms with van der Waals surface area (Å²) in [6.07, 6.45) is 1.65. The smallest absolute Gasteiger partial charge is 0.338 e. The van der Waals surface area contributed by atoms with Crippen molar-refractivity contribution in [3.05, 3.63) is 48.0 Å². The number of carbonyl (C=O) groups excluding carboxylic acids is 4. The van der Waals surface area contributed by atoms with Crippen molar-refractivity contribution in [1.82, 2.24) is 0 Å². The zero-order valence-corrected chi connectivity index (χ0v) is 21.8. The van der Waals surface area contributed by atoms with Crippen LogP contribution in [0, 0.1) is 34.5 Å². The third-order valence-corrected chi connectivity index (χ3v) is 10.3. The van der Waals surface area contributed by atoms with Crippen LogP contribution in [0.5, 0.6) is 0 Å². The van der Waals surface area contributed by atoms with Crippen LogP contribution in [-0.4, -0.2) is 47.4 Å². The molecule has 4 aliphatic rings. The maximum atomic E-state index is 13.9. The SMILES string of the molecule is C=C(C)[C@H]1CC(=O)[C@@]2(C(=O)OC)[C@H](CC(=O)[C@@H]3[C@@H]2CC[C@]2(C)[C@@H](OC(=O)c4ccccc4)CC[C@]32O)C1. The second-order valence-electron chi connectivity index (χ2n) is 11.9. The van der Waals surface area contributed by atoms with Crippen molar-refractivity contribution in [2.24, 2.45) is 34.5 Å². The van der Waals surface area contributed by atoms with E-state index in [-0.39, 0.29) is 36.7 Å². The average Bonchev–Trinajstić information content (AvgIpc) is 3.13. The van der Waals surface area contributed by atoms with E-state index in [2.05, 4.69) is 6.58 Å². The van der Waals surface area contributed by atoms with Gasteiger partial charge in [-0.05, 0) is 68.9 Å². The molecule has 0 radical (unpaired) electrons. The molecule has 0 saturated heterocycles. The number of hydrogen-bond donors (Lipinski definition) is 1. The van der Waals surface area contributed by atoms with E-state index < -0.39 is 52.2 Å². The van der Waals surface area contributed by atoms with Crippen LogP contribution < -0.4 is 0 Å². The number of ether oxygens (including phenoxy) is 2. The first kappa shape index (κ1) is 25.8. The van der Waals surface area contributed by atoms with Gasteiger partial charge in [0.05, 0.1) is 24.2 Å². The zero-order valence-electron chi connectivity index (χ0n) is 21.8. The number of Topliss-reactive ketones (excluding diaryl/α,β-unsaturated/α-hetero) is 2. The highest BCUT2D eigenvalue weighted by Crippen LogP contribution is 2.67. The van der Waals surface area contributed by atoms with Crippen molar-refractivity contribution in [1.29, 1.82) is 0 Å². The molecule has 7 heteroatoms. The van der Waals surface area contributed by atoms with E-state index >= 15 is 0 Å². The Morgan fingerprint density at radius 1 is 1.08 bits per heavy atom. The monoisotopic (exact) mass is 508 g/mol. The summed E-state index contributed by atoms with van der Waals surface area (Å²) < 4.78 is 11.2. The Hall–Kier alpha value is -2.80. The number of ketones is 2. The standard InChI is InChI=1S/C30H36O7/c1-17(2)19-14-20-16-22(31)25-21(30(20,23(32)15-19)27(34)36-4)10-12-28(3)24(11-13-29(25,28)35)37-26(33)18-8-6-5-7-9-18/h5-9,19-21,24-25,35H,1,10-16H2,2-4H3/t19-,20+,21+,24+,25+,28-,29+,30-/m1/s1. The van der Waals surface area contributed by atoms with Crippen molar-refractivity contribution in [3.8, 4) is 0 Å². The van der Waals surface area contributed by atoms with Crippen LogP contribution in [0.3, 0.4) is 0 Å². The highest BCUT2D eigenvalue weighted by Gasteiger charge is 2.74. The molecule has 0 amide bonds. The molecule has 0 aliphatic heterocycles. The van der Waals surface area contributed by atoms with E-state index in [0.717, 1.165) is 5.57 Å². The third kappa shape index (κ3) is 3.49. The summed E-state index contributed by atoms with van der Waals surface area (Å²) >= 11 is 0. The maximum absolute atomic E-state index is 13.9. The molecule has 5 rings (SSSR count). The number of hydrogen-bond acceptors (Lipinski definition) is 7. The van der Waals surface area contributed by atoms with Gasteiger partial charge in [-0.3, -0.25) is 14.4 Å². The van der Waals surface area contributed by atoms with Crippen molar-refractivity contribution < 1.29 is 33.8 Å². The summed E-state index contributed by atoms with van der Waals surface area (Å²) in [6, 6.07) is 8.70. The molecule has 198 valence electrons. The van der Waals surface area contributed by atoms with Gasteiger partial charge in [0.15, 0.2) is 5.78 Å². The van der Waals surface area contributed by atoms with E-state index in [1.54, 1.807) is 24.3 Å². The third-order valence-electron chi connectivity index (χ3n) is 10.3. The first-order valence-corrected chi connectivity index (χ1v) is 13.3. The number of carbonyl (C=O) groups is 4. The lowest BCUT2D eigenvalue weighted by molar-refractivity contribution is -0.216. The van der Waals surface area contributed by atoms with Crippen LogP contribution in [0.2, 0.25) is 0 Å². The van der Waals surface area contributed by atoms with Gasteiger partial charge in [-0.25, -0.2) is 4.79 Å². The predicted molar refractivity (Wildman–Crippen MR) is 134 cm³/mol. The molecule has 7 nitrogen and oxygen atoms in total. The Bertz CT molecular complexity index is 1160. The van der Waals surface area contributed by atoms with Gasteiger partial charge in [0.25, 0.3) is 0 Å². The molecular weight excluding hydrogens is 472 g/mol. The molecule has 4 saturated carbocycles. The summed E-state index contributed by atoms with van der Waals surface area (Å²) in [5.41, 5.74) is -2.52. The average molecular weight is 509 g/mol. The molecule has 4 aliphatic carbocycles. The van der Waals surface area contributed by atoms with Gasteiger partial charge in [-0.1, -0.05) is 37.3 Å². The maximum Gasteiger partial charge on any atom is 0.338 e. The van der Waals surface area contributed by atoms with Gasteiger partial charge >= 0.3 is 11.9 Å². The largest absolute Gasteiger partial charge is 0.468 e. The van der Waals surface area contributed by atoms with E-state index in [1.165, 1.54) is 7.11 Å². The Morgan fingerprint density at radius 3 is 2.43 bits per heavy atom. The Morgan fingerprint density at radius 2 is 1.78 bits per heavy atom. The lowest BCUT2D eigenvalue weighted by Crippen LogP contribution is -2.69. The second kappa shape index (κ2) is 8.90. The summed E-state index contributed by atoms with van der Waals surface area (Å²) in [5, 5.41) is 12.3. The number of rotatable bonds is 4. The van der Waals surface area contributed by atoms with E-state index in [4.69, 9.17) is 9.47 Å². The van der Waals surface area contributed by atoms with Gasteiger partial charge in [0.1, 0.15) is 17.3 Å². The normalized spacial score (nSPS) is 40.7. The lowest BCUT2D eigenvalue weighted by atomic mass is 9.42. The molecule has 4 fully saturated rings. The summed E-state index contributed by atoms with van der Waals surface area (Å²) in [5.74, 6) is -3.48. The Balaban J connectivity index is 1.51. The Kier molecular flexibility index (Phi) is 6.21. The van der Waals surface area contributed by atoms with Crippen molar-refractivity contribution in [2.45, 2.75) is 70.5 Å². The fourth-order valence-corrected chi connectivity index (χ4v) is 8.35. The van der Waals surface area contributed by atoms with Crippen molar-refractivity contribution in [3.63, 3.8) is 0 Å². The molecule has 1 N–H and O–H groups in total. The lowest BCUT2D eigenvalue weighted by Gasteiger charge is -2.61. The summed E-state index contributed by atoms with van der Waals surface area (Å²) in [4.78, 5) is 54.0. The van der Waals surface area contributed by atoms with Crippen molar-refractivity contribution in [2.75, 3.05) is 7.11 Å². The molecule has 0 unspecified atom stereocenters. The highest BCUT2D eigenvalue weighted by molar-refractivity contribution is 6.07. The molecule has 0 bridgehead atoms. The van der Waals surface area contributed by atoms with Crippen LogP contribution in [-0.2, 0) is 23.9 Å². The molecular formula is C30H36O7. The molecule has 1 aromatic rings. The fraction of sp³-hybridized carbons (Fsp3) is 0.600. The van der Waals surface area contributed by atoms with Gasteiger partial charge < -0.3 is 14.6 Å². The summed E-state index contributed by atoms with van der Waals surface area (Å²) in [7, 11) is 1.29. The van der Waals surface area contributed by atoms with E-state index in [0.29, 0.717) is 31.2 Å². The van der Waals surface area contributed by atoms with Crippen LogP contribution in [0.25, 0.3) is 0 Å². The first-order chi connectivity index (χ1) is 17.5. The first-order valence-electron chi connectivity index (χ1n) is 13.3. The molecule has 0 aromatic heterocycles. The van der Waals surface area contributed by atoms with Gasteiger partial charge in [0.2, 0.25) is 0 Å². The highest BCUT2D eigenvalue weighted by atomic mass is 16.5. The van der Waals surface area contributed by atoms with Crippen molar-refractivity contribution >= 4 is 23.5 Å². The fourth-order valence-electron chi connectivity index (χ4n) is 8.35. The van der Waals surface area contributed by atoms with Crippen LogP contribution in [0.4, 0.5) is 0 Å². The Labute approximate surface area is 217 Å². The molecule has 1 aromatic carbocycles. The minimum absolute atomic E-state index is 0.0403. The van der Waals surface area contributed by atoms with Crippen LogP contribution >= 0.6 is 0 Å². The zero-order chi connectivity index (χ0) is 26.8. The predicted octanol–water partition coefficient (Wildman–Crippen LogP) is 4.07. The number of fused-ring (bicyclic) bond motifs is 5. The molecule has 37 heavy (non-hydrogen) atoms. The number of esters is 2.